The molecule has 0 fully saturated rings. The number of primary amides is 1. The normalized spacial score (nSPS) is 9.33. The lowest BCUT2D eigenvalue weighted by atomic mass is 10.2. The van der Waals surface area contributed by atoms with Gasteiger partial charge in [-0.15, -0.1) is 0 Å². The number of carbonyl (C=O) groups excluding carboxylic acids is 3. The molecule has 78 valence electrons. The van der Waals surface area contributed by atoms with E-state index in [1.807, 2.05) is 0 Å². The second-order valence-electron chi connectivity index (χ2n) is 2.65. The van der Waals surface area contributed by atoms with Crippen LogP contribution in [0, 0.1) is 0 Å². The lowest BCUT2D eigenvalue weighted by Gasteiger charge is -2.09. The van der Waals surface area contributed by atoms with E-state index < -0.39 is 17.8 Å². The molecule has 1 aromatic carbocycles. The van der Waals surface area contributed by atoms with Crippen molar-refractivity contribution in [3.05, 3.63) is 29.8 Å². The lowest BCUT2D eigenvalue weighted by molar-refractivity contribution is -0.254. The minimum absolute atomic E-state index is 0.0266. The number of aromatic carboxylic acids is 1. The molecule has 0 saturated heterocycles. The van der Waals surface area contributed by atoms with Gasteiger partial charge in [-0.2, -0.15) is 0 Å². The topological polar surface area (TPSA) is 112 Å². The molecular formula is C9H7N2O4-. The molecule has 0 atom stereocenters. The zero-order valence-corrected chi connectivity index (χ0v) is 7.52. The number of benzene rings is 1. The van der Waals surface area contributed by atoms with Gasteiger partial charge in [0.25, 0.3) is 0 Å². The summed E-state index contributed by atoms with van der Waals surface area (Å²) in [6.45, 7) is 0. The first-order chi connectivity index (χ1) is 7.02. The summed E-state index contributed by atoms with van der Waals surface area (Å²) in [6.07, 6.45) is 0. The average molecular weight is 207 g/mol. The Morgan fingerprint density at radius 1 is 1.20 bits per heavy atom. The average Bonchev–Trinajstić information content (AvgIpc) is 2.18. The molecule has 0 aliphatic heterocycles. The van der Waals surface area contributed by atoms with Gasteiger partial charge in [-0.3, -0.25) is 9.59 Å². The first-order valence-corrected chi connectivity index (χ1v) is 3.93. The molecule has 0 saturated carbocycles. The highest BCUT2D eigenvalue weighted by atomic mass is 16.4. The van der Waals surface area contributed by atoms with E-state index in [1.54, 1.807) is 0 Å². The fourth-order valence-corrected chi connectivity index (χ4v) is 0.954. The monoisotopic (exact) mass is 207 g/mol. The van der Waals surface area contributed by atoms with Crippen molar-refractivity contribution in [2.24, 2.45) is 5.73 Å². The van der Waals surface area contributed by atoms with Crippen molar-refractivity contribution >= 4 is 23.5 Å². The van der Waals surface area contributed by atoms with Crippen molar-refractivity contribution in [1.82, 2.24) is 0 Å². The smallest absolute Gasteiger partial charge is 0.313 e. The fourth-order valence-electron chi connectivity index (χ4n) is 0.954. The zero-order chi connectivity index (χ0) is 11.4. The minimum Gasteiger partial charge on any atom is -0.545 e. The van der Waals surface area contributed by atoms with Gasteiger partial charge in [0.05, 0.1) is 11.7 Å². The Kier molecular flexibility index (Phi) is 3.02. The third-order valence-electron chi connectivity index (χ3n) is 1.62. The van der Waals surface area contributed by atoms with E-state index in [4.69, 9.17) is 5.73 Å². The molecule has 0 radical (unpaired) electrons. The van der Waals surface area contributed by atoms with Crippen LogP contribution in [0.2, 0.25) is 0 Å². The van der Waals surface area contributed by atoms with Gasteiger partial charge in [0.1, 0.15) is 0 Å². The Morgan fingerprint density at radius 3 is 2.33 bits per heavy atom. The van der Waals surface area contributed by atoms with Crippen molar-refractivity contribution < 1.29 is 19.5 Å². The van der Waals surface area contributed by atoms with Crippen LogP contribution < -0.4 is 16.2 Å². The largest absolute Gasteiger partial charge is 0.545 e. The van der Waals surface area contributed by atoms with E-state index in [2.05, 4.69) is 5.32 Å². The Labute approximate surface area is 84.7 Å². The number of carbonyl (C=O) groups is 3. The van der Waals surface area contributed by atoms with Crippen LogP contribution in [0.5, 0.6) is 0 Å². The molecule has 0 aliphatic carbocycles. The van der Waals surface area contributed by atoms with Crippen LogP contribution in [0.4, 0.5) is 5.69 Å². The molecule has 1 rings (SSSR count). The predicted octanol–water partition coefficient (Wildman–Crippen LogP) is -1.53. The first kappa shape index (κ1) is 10.7. The Balaban J connectivity index is 2.99. The minimum atomic E-state index is -1.45. The summed E-state index contributed by atoms with van der Waals surface area (Å²) in [7, 11) is 0. The highest BCUT2D eigenvalue weighted by molar-refractivity contribution is 6.39. The molecule has 2 amide bonds. The maximum atomic E-state index is 10.9. The Morgan fingerprint density at radius 2 is 1.80 bits per heavy atom. The van der Waals surface area contributed by atoms with E-state index in [0.29, 0.717) is 0 Å². The summed E-state index contributed by atoms with van der Waals surface area (Å²) in [6, 6.07) is 5.53. The maximum Gasteiger partial charge on any atom is 0.313 e. The molecule has 0 bridgehead atoms. The fraction of sp³-hybridized carbons (Fsp3) is 0. The summed E-state index contributed by atoms with van der Waals surface area (Å²) >= 11 is 0. The van der Waals surface area contributed by atoms with Gasteiger partial charge in [0.2, 0.25) is 0 Å². The number of carboxylic acid groups (broad SMARTS) is 1. The van der Waals surface area contributed by atoms with E-state index in [-0.39, 0.29) is 11.3 Å². The number of rotatable bonds is 2. The van der Waals surface area contributed by atoms with Gasteiger partial charge in [-0.05, 0) is 6.07 Å². The Bertz CT molecular complexity index is 428. The van der Waals surface area contributed by atoms with Crippen molar-refractivity contribution in [2.45, 2.75) is 0 Å². The molecule has 0 aliphatic rings. The van der Waals surface area contributed by atoms with Gasteiger partial charge >= 0.3 is 11.8 Å². The molecular weight excluding hydrogens is 200 g/mol. The van der Waals surface area contributed by atoms with E-state index in [1.165, 1.54) is 24.3 Å². The molecule has 1 aromatic rings. The van der Waals surface area contributed by atoms with Crippen molar-refractivity contribution in [1.29, 1.82) is 0 Å². The summed E-state index contributed by atoms with van der Waals surface area (Å²) in [5.74, 6) is -3.72. The summed E-state index contributed by atoms with van der Waals surface area (Å²) in [5.41, 5.74) is 4.45. The van der Waals surface area contributed by atoms with E-state index in [9.17, 15) is 19.5 Å². The van der Waals surface area contributed by atoms with Gasteiger partial charge < -0.3 is 21.0 Å². The van der Waals surface area contributed by atoms with Crippen LogP contribution in [0.15, 0.2) is 24.3 Å². The number of nitrogens with two attached hydrogens (primary N) is 1. The molecule has 0 heterocycles. The number of para-hydroxylation sites is 1. The van der Waals surface area contributed by atoms with Gasteiger partial charge in [0, 0.05) is 5.56 Å². The van der Waals surface area contributed by atoms with Crippen molar-refractivity contribution in [3.63, 3.8) is 0 Å². The van der Waals surface area contributed by atoms with Crippen LogP contribution in [0.1, 0.15) is 10.4 Å². The standard InChI is InChI=1S/C9H8N2O4/c10-7(12)8(13)11-6-4-2-1-3-5(6)9(14)15/h1-4H,(H2,10,12)(H,11,13)(H,14,15)/p-1. The summed E-state index contributed by atoms with van der Waals surface area (Å²) in [4.78, 5) is 31.9. The molecule has 0 aromatic heterocycles. The molecule has 6 nitrogen and oxygen atoms in total. The van der Waals surface area contributed by atoms with Crippen LogP contribution in [0.25, 0.3) is 0 Å². The third-order valence-corrected chi connectivity index (χ3v) is 1.62. The first-order valence-electron chi connectivity index (χ1n) is 3.93. The summed E-state index contributed by atoms with van der Waals surface area (Å²) < 4.78 is 0. The second-order valence-corrected chi connectivity index (χ2v) is 2.65. The van der Waals surface area contributed by atoms with Gasteiger partial charge in [-0.1, -0.05) is 18.2 Å². The van der Waals surface area contributed by atoms with Crippen LogP contribution in [0.3, 0.4) is 0 Å². The number of amides is 2. The summed E-state index contributed by atoms with van der Waals surface area (Å²) in [5, 5.41) is 12.7. The Hall–Kier alpha value is -2.37. The van der Waals surface area contributed by atoms with E-state index >= 15 is 0 Å². The third kappa shape index (κ3) is 2.53. The highest BCUT2D eigenvalue weighted by Gasteiger charge is 2.11. The van der Waals surface area contributed by atoms with Gasteiger partial charge in [-0.25, -0.2) is 0 Å². The van der Waals surface area contributed by atoms with Crippen molar-refractivity contribution in [3.8, 4) is 0 Å². The molecule has 0 unspecified atom stereocenters. The van der Waals surface area contributed by atoms with Crippen LogP contribution >= 0.6 is 0 Å². The van der Waals surface area contributed by atoms with E-state index in [0.717, 1.165) is 0 Å². The number of carboxylic acids is 1. The molecule has 6 heteroatoms. The zero-order valence-electron chi connectivity index (χ0n) is 7.52. The highest BCUT2D eigenvalue weighted by Crippen LogP contribution is 2.13. The quantitative estimate of drug-likeness (QED) is 0.573. The number of nitrogens with one attached hydrogen (secondary N) is 1. The SMILES string of the molecule is NC(=O)C(=O)Nc1ccccc1C(=O)[O-]. The predicted molar refractivity (Wildman–Crippen MR) is 48.6 cm³/mol. The van der Waals surface area contributed by atoms with Crippen molar-refractivity contribution in [2.75, 3.05) is 5.32 Å². The van der Waals surface area contributed by atoms with Gasteiger partial charge in [0.15, 0.2) is 0 Å². The van der Waals surface area contributed by atoms with Crippen LogP contribution in [-0.4, -0.2) is 17.8 Å². The lowest BCUT2D eigenvalue weighted by Crippen LogP contribution is -2.31. The number of hydrogen-bond acceptors (Lipinski definition) is 4. The number of hydrogen-bond donors (Lipinski definition) is 2. The molecule has 15 heavy (non-hydrogen) atoms. The number of anilines is 1. The second kappa shape index (κ2) is 4.23. The maximum absolute atomic E-state index is 10.9. The van der Waals surface area contributed by atoms with Crippen LogP contribution in [-0.2, 0) is 9.59 Å². The molecule has 3 N–H and O–H groups in total. The molecule has 0 spiro atoms.